The SMILES string of the molecule is CCC(C)CN1CCC(Cc2nn[nH]n2)CC1. The first kappa shape index (κ1) is 12.5. The Morgan fingerprint density at radius 1 is 1.41 bits per heavy atom. The van der Waals surface area contributed by atoms with Gasteiger partial charge in [-0.2, -0.15) is 5.21 Å². The molecule has 96 valence electrons. The van der Waals surface area contributed by atoms with Crippen molar-refractivity contribution in [2.45, 2.75) is 39.5 Å². The highest BCUT2D eigenvalue weighted by atomic mass is 15.5. The lowest BCUT2D eigenvalue weighted by molar-refractivity contribution is 0.162. The first-order chi connectivity index (χ1) is 8.28. The molecule has 17 heavy (non-hydrogen) atoms. The second-order valence-corrected chi connectivity index (χ2v) is 5.29. The summed E-state index contributed by atoms with van der Waals surface area (Å²) in [5, 5.41) is 14.2. The number of likely N-dealkylation sites (tertiary alicyclic amines) is 1. The van der Waals surface area contributed by atoms with Crippen molar-refractivity contribution in [2.75, 3.05) is 19.6 Å². The molecule has 2 heterocycles. The average Bonchev–Trinajstić information content (AvgIpc) is 2.84. The molecular weight excluding hydrogens is 214 g/mol. The molecule has 0 bridgehead atoms. The number of H-pyrrole nitrogens is 1. The molecule has 1 aromatic rings. The van der Waals surface area contributed by atoms with Crippen LogP contribution in [0.2, 0.25) is 0 Å². The lowest BCUT2D eigenvalue weighted by atomic mass is 9.92. The van der Waals surface area contributed by atoms with Crippen LogP contribution in [0.5, 0.6) is 0 Å². The Balaban J connectivity index is 1.71. The van der Waals surface area contributed by atoms with Gasteiger partial charge in [0.15, 0.2) is 5.82 Å². The topological polar surface area (TPSA) is 57.7 Å². The van der Waals surface area contributed by atoms with E-state index in [1.54, 1.807) is 0 Å². The Kier molecular flexibility index (Phi) is 4.48. The molecule has 0 amide bonds. The van der Waals surface area contributed by atoms with Crippen LogP contribution in [0.4, 0.5) is 0 Å². The van der Waals surface area contributed by atoms with E-state index in [1.165, 1.54) is 38.9 Å². The predicted octanol–water partition coefficient (Wildman–Crippen LogP) is 1.50. The van der Waals surface area contributed by atoms with E-state index in [4.69, 9.17) is 0 Å². The van der Waals surface area contributed by atoms with Gasteiger partial charge in [0.1, 0.15) is 0 Å². The molecule has 1 aliphatic rings. The summed E-state index contributed by atoms with van der Waals surface area (Å²) in [6.45, 7) is 8.32. The van der Waals surface area contributed by atoms with Crippen molar-refractivity contribution in [3.8, 4) is 0 Å². The smallest absolute Gasteiger partial charge is 0.174 e. The Bertz CT molecular complexity index is 303. The van der Waals surface area contributed by atoms with Crippen molar-refractivity contribution < 1.29 is 0 Å². The minimum absolute atomic E-state index is 0.737. The summed E-state index contributed by atoms with van der Waals surface area (Å²) in [5.74, 6) is 2.43. The van der Waals surface area contributed by atoms with Crippen molar-refractivity contribution >= 4 is 0 Å². The fourth-order valence-electron chi connectivity index (χ4n) is 2.47. The maximum Gasteiger partial charge on any atom is 0.174 e. The molecule has 0 saturated carbocycles. The van der Waals surface area contributed by atoms with Crippen molar-refractivity contribution in [2.24, 2.45) is 11.8 Å². The van der Waals surface area contributed by atoms with Crippen LogP contribution in [0, 0.1) is 11.8 Å². The lowest BCUT2D eigenvalue weighted by Gasteiger charge is -2.33. The molecule has 1 fully saturated rings. The maximum atomic E-state index is 4.03. The van der Waals surface area contributed by atoms with Gasteiger partial charge in [0.05, 0.1) is 0 Å². The summed E-state index contributed by atoms with van der Waals surface area (Å²) >= 11 is 0. The first-order valence-corrected chi connectivity index (χ1v) is 6.72. The fraction of sp³-hybridized carbons (Fsp3) is 0.917. The monoisotopic (exact) mass is 237 g/mol. The van der Waals surface area contributed by atoms with E-state index >= 15 is 0 Å². The summed E-state index contributed by atoms with van der Waals surface area (Å²) in [7, 11) is 0. The average molecular weight is 237 g/mol. The molecule has 0 spiro atoms. The first-order valence-electron chi connectivity index (χ1n) is 6.72. The van der Waals surface area contributed by atoms with Crippen LogP contribution >= 0.6 is 0 Å². The van der Waals surface area contributed by atoms with Crippen LogP contribution in [0.25, 0.3) is 0 Å². The highest BCUT2D eigenvalue weighted by molar-refractivity contribution is 4.83. The van der Waals surface area contributed by atoms with Gasteiger partial charge in [0.2, 0.25) is 0 Å². The second kappa shape index (κ2) is 6.10. The van der Waals surface area contributed by atoms with E-state index < -0.39 is 0 Å². The molecule has 5 nitrogen and oxygen atoms in total. The molecule has 0 radical (unpaired) electrons. The fourth-order valence-corrected chi connectivity index (χ4v) is 2.47. The summed E-state index contributed by atoms with van der Waals surface area (Å²) < 4.78 is 0. The number of nitrogens with one attached hydrogen (secondary N) is 1. The zero-order chi connectivity index (χ0) is 12.1. The molecule has 1 aliphatic heterocycles. The summed E-state index contributed by atoms with van der Waals surface area (Å²) in [4.78, 5) is 2.60. The Hall–Kier alpha value is -0.970. The van der Waals surface area contributed by atoms with Gasteiger partial charge in [-0.15, -0.1) is 10.2 Å². The number of piperidine rings is 1. The standard InChI is InChI=1S/C12H23N5/c1-3-10(2)9-17-6-4-11(5-7-17)8-12-13-15-16-14-12/h10-11H,3-9H2,1-2H3,(H,13,14,15,16). The van der Waals surface area contributed by atoms with Gasteiger partial charge in [0.25, 0.3) is 0 Å². The van der Waals surface area contributed by atoms with Crippen LogP contribution < -0.4 is 0 Å². The number of nitrogens with zero attached hydrogens (tertiary/aromatic N) is 4. The zero-order valence-corrected chi connectivity index (χ0v) is 10.9. The Morgan fingerprint density at radius 3 is 2.76 bits per heavy atom. The third-order valence-electron chi connectivity index (χ3n) is 3.83. The Morgan fingerprint density at radius 2 is 2.18 bits per heavy atom. The number of hydrogen-bond donors (Lipinski definition) is 1. The van der Waals surface area contributed by atoms with Crippen LogP contribution in [0.1, 0.15) is 38.9 Å². The molecule has 0 aliphatic carbocycles. The van der Waals surface area contributed by atoms with Crippen LogP contribution in [-0.2, 0) is 6.42 Å². The second-order valence-electron chi connectivity index (χ2n) is 5.29. The molecule has 1 N–H and O–H groups in total. The van der Waals surface area contributed by atoms with Gasteiger partial charge in [-0.25, -0.2) is 0 Å². The summed E-state index contributed by atoms with van der Waals surface area (Å²) in [6.07, 6.45) is 4.80. The minimum Gasteiger partial charge on any atom is -0.303 e. The van der Waals surface area contributed by atoms with Crippen molar-refractivity contribution in [1.29, 1.82) is 0 Å². The Labute approximate surface area is 103 Å². The largest absolute Gasteiger partial charge is 0.303 e. The van der Waals surface area contributed by atoms with Gasteiger partial charge >= 0.3 is 0 Å². The van der Waals surface area contributed by atoms with Gasteiger partial charge in [-0.05, 0) is 37.8 Å². The zero-order valence-electron chi connectivity index (χ0n) is 10.9. The third kappa shape index (κ3) is 3.77. The number of tetrazole rings is 1. The van der Waals surface area contributed by atoms with Crippen molar-refractivity contribution in [3.05, 3.63) is 5.82 Å². The molecule has 1 aromatic heterocycles. The van der Waals surface area contributed by atoms with Gasteiger partial charge < -0.3 is 4.90 Å². The maximum absolute atomic E-state index is 4.03. The summed E-state index contributed by atoms with van der Waals surface area (Å²) in [6, 6.07) is 0. The molecule has 0 aromatic carbocycles. The van der Waals surface area contributed by atoms with E-state index in [9.17, 15) is 0 Å². The highest BCUT2D eigenvalue weighted by Gasteiger charge is 2.21. The van der Waals surface area contributed by atoms with Crippen LogP contribution in [-0.4, -0.2) is 45.2 Å². The highest BCUT2D eigenvalue weighted by Crippen LogP contribution is 2.21. The van der Waals surface area contributed by atoms with Crippen LogP contribution in [0.3, 0.4) is 0 Å². The minimum atomic E-state index is 0.737. The van der Waals surface area contributed by atoms with Gasteiger partial charge in [0, 0.05) is 13.0 Å². The predicted molar refractivity (Wildman–Crippen MR) is 66.5 cm³/mol. The number of hydrogen-bond acceptors (Lipinski definition) is 4. The van der Waals surface area contributed by atoms with Gasteiger partial charge in [-0.1, -0.05) is 25.5 Å². The molecule has 1 atom stereocenters. The number of rotatable bonds is 5. The number of aromatic nitrogens is 4. The lowest BCUT2D eigenvalue weighted by Crippen LogP contribution is -2.37. The van der Waals surface area contributed by atoms with E-state index in [1.807, 2.05) is 0 Å². The van der Waals surface area contributed by atoms with Crippen molar-refractivity contribution in [3.63, 3.8) is 0 Å². The quantitative estimate of drug-likeness (QED) is 0.843. The molecular formula is C12H23N5. The van der Waals surface area contributed by atoms with E-state index in [0.717, 1.165) is 24.1 Å². The normalized spacial score (nSPS) is 20.6. The third-order valence-corrected chi connectivity index (χ3v) is 3.83. The van der Waals surface area contributed by atoms with E-state index in [0.29, 0.717) is 0 Å². The molecule has 5 heteroatoms. The van der Waals surface area contributed by atoms with Crippen LogP contribution in [0.15, 0.2) is 0 Å². The molecule has 2 rings (SSSR count). The molecule has 1 saturated heterocycles. The van der Waals surface area contributed by atoms with E-state index in [2.05, 4.69) is 39.4 Å². The number of aromatic amines is 1. The van der Waals surface area contributed by atoms with E-state index in [-0.39, 0.29) is 0 Å². The van der Waals surface area contributed by atoms with Gasteiger partial charge in [-0.3, -0.25) is 0 Å². The van der Waals surface area contributed by atoms with Crippen molar-refractivity contribution in [1.82, 2.24) is 25.5 Å². The molecule has 1 unspecified atom stereocenters. The summed E-state index contributed by atoms with van der Waals surface area (Å²) in [5.41, 5.74) is 0.